The van der Waals surface area contributed by atoms with Crippen molar-refractivity contribution in [1.82, 2.24) is 20.6 Å². The van der Waals surface area contributed by atoms with E-state index >= 15 is 0 Å². The van der Waals surface area contributed by atoms with Crippen molar-refractivity contribution in [3.05, 3.63) is 52.1 Å². The van der Waals surface area contributed by atoms with E-state index in [2.05, 4.69) is 69.9 Å². The van der Waals surface area contributed by atoms with Gasteiger partial charge in [-0.1, -0.05) is 18.2 Å². The Hall–Kier alpha value is -1.61. The van der Waals surface area contributed by atoms with E-state index in [0.717, 1.165) is 43.4 Å². The normalized spacial score (nSPS) is 11.4. The molecule has 3 rings (SSSR count). The molecule has 7 heteroatoms. The lowest BCUT2D eigenvalue weighted by molar-refractivity contribution is 0.798. The summed E-state index contributed by atoms with van der Waals surface area (Å²) in [6.07, 6.45) is 5.87. The molecular weight excluding hydrogens is 457 g/mol. The first-order valence-electron chi connectivity index (χ1n) is 8.74. The molecule has 0 spiro atoms. The molecule has 0 aliphatic heterocycles. The zero-order chi connectivity index (χ0) is 17.5. The number of halogens is 1. The number of rotatable bonds is 7. The molecule has 0 aliphatic rings. The van der Waals surface area contributed by atoms with Crippen LogP contribution in [0.1, 0.15) is 22.4 Å². The van der Waals surface area contributed by atoms with E-state index in [1.807, 2.05) is 6.20 Å². The monoisotopic (exact) mass is 483 g/mol. The molecule has 0 unspecified atom stereocenters. The smallest absolute Gasteiger partial charge is 0.191 e. The molecule has 0 saturated heterocycles. The molecule has 0 amide bonds. The Morgan fingerprint density at radius 3 is 2.85 bits per heavy atom. The molecule has 3 N–H and O–H groups in total. The van der Waals surface area contributed by atoms with Gasteiger partial charge in [0.1, 0.15) is 0 Å². The third kappa shape index (κ3) is 5.70. The molecule has 0 radical (unpaired) electrons. The minimum Gasteiger partial charge on any atom is -0.361 e. The van der Waals surface area contributed by atoms with Gasteiger partial charge in [0.05, 0.1) is 5.01 Å². The van der Waals surface area contributed by atoms with Crippen LogP contribution in [0.3, 0.4) is 0 Å². The molecule has 0 saturated carbocycles. The average molecular weight is 483 g/mol. The fraction of sp³-hybridized carbons (Fsp3) is 0.368. The fourth-order valence-electron chi connectivity index (χ4n) is 2.78. The molecule has 140 valence electrons. The van der Waals surface area contributed by atoms with Crippen molar-refractivity contribution < 1.29 is 0 Å². The van der Waals surface area contributed by atoms with E-state index in [1.54, 1.807) is 11.3 Å². The van der Waals surface area contributed by atoms with Crippen LogP contribution in [0.25, 0.3) is 10.9 Å². The summed E-state index contributed by atoms with van der Waals surface area (Å²) in [6, 6.07) is 8.41. The highest BCUT2D eigenvalue weighted by molar-refractivity contribution is 14.0. The van der Waals surface area contributed by atoms with E-state index < -0.39 is 0 Å². The van der Waals surface area contributed by atoms with E-state index in [1.165, 1.54) is 21.3 Å². The highest BCUT2D eigenvalue weighted by Crippen LogP contribution is 2.17. The number of H-pyrrole nitrogens is 1. The van der Waals surface area contributed by atoms with Crippen LogP contribution >= 0.6 is 35.3 Å². The van der Waals surface area contributed by atoms with Gasteiger partial charge in [0.15, 0.2) is 5.96 Å². The highest BCUT2D eigenvalue weighted by atomic mass is 127. The van der Waals surface area contributed by atoms with Gasteiger partial charge in [-0.15, -0.1) is 35.3 Å². The molecule has 0 fully saturated rings. The van der Waals surface area contributed by atoms with Gasteiger partial charge < -0.3 is 15.6 Å². The molecule has 0 atom stereocenters. The first kappa shape index (κ1) is 20.7. The van der Waals surface area contributed by atoms with E-state index in [-0.39, 0.29) is 24.0 Å². The predicted octanol–water partition coefficient (Wildman–Crippen LogP) is 3.89. The second-order valence-electron chi connectivity index (χ2n) is 5.91. The van der Waals surface area contributed by atoms with Gasteiger partial charge in [0.2, 0.25) is 0 Å². The van der Waals surface area contributed by atoms with Crippen molar-refractivity contribution in [2.24, 2.45) is 4.99 Å². The largest absolute Gasteiger partial charge is 0.361 e. The van der Waals surface area contributed by atoms with Gasteiger partial charge in [-0.25, -0.2) is 4.98 Å². The fourth-order valence-corrected chi connectivity index (χ4v) is 3.55. The molecule has 26 heavy (non-hydrogen) atoms. The topological polar surface area (TPSA) is 65.1 Å². The first-order valence-corrected chi connectivity index (χ1v) is 9.56. The minimum absolute atomic E-state index is 0. The SMILES string of the molecule is CCNC(=NCCc1ncc(C)s1)NCCc1c[nH]c2ccccc12.I. The third-order valence-electron chi connectivity index (χ3n) is 3.97. The Labute approximate surface area is 175 Å². The Morgan fingerprint density at radius 2 is 2.08 bits per heavy atom. The van der Waals surface area contributed by atoms with Gasteiger partial charge in [-0.3, -0.25) is 4.99 Å². The summed E-state index contributed by atoms with van der Waals surface area (Å²) < 4.78 is 0. The van der Waals surface area contributed by atoms with Gasteiger partial charge in [0.25, 0.3) is 0 Å². The zero-order valence-electron chi connectivity index (χ0n) is 15.2. The van der Waals surface area contributed by atoms with Crippen LogP contribution in [-0.4, -0.2) is 35.6 Å². The number of nitrogens with one attached hydrogen (secondary N) is 3. The number of guanidine groups is 1. The standard InChI is InChI=1S/C19H25N5S.HI/c1-3-20-19(22-11-9-18-24-12-14(2)25-18)21-10-8-15-13-23-17-7-5-4-6-16(15)17;/h4-7,12-13,23H,3,8-11H2,1-2H3,(H2,20,21,22);1H. The molecular formula is C19H26IN5S. The van der Waals surface area contributed by atoms with Crippen LogP contribution in [0.15, 0.2) is 41.7 Å². The van der Waals surface area contributed by atoms with Crippen molar-refractivity contribution in [3.8, 4) is 0 Å². The van der Waals surface area contributed by atoms with Crippen molar-refractivity contribution in [2.45, 2.75) is 26.7 Å². The molecule has 0 bridgehead atoms. The van der Waals surface area contributed by atoms with E-state index in [4.69, 9.17) is 0 Å². The quantitative estimate of drug-likeness (QED) is 0.272. The number of hydrogen-bond acceptors (Lipinski definition) is 3. The summed E-state index contributed by atoms with van der Waals surface area (Å²) in [5.41, 5.74) is 2.52. The highest BCUT2D eigenvalue weighted by Gasteiger charge is 2.04. The summed E-state index contributed by atoms with van der Waals surface area (Å²) in [5, 5.41) is 9.17. The molecule has 2 aromatic heterocycles. The van der Waals surface area contributed by atoms with Gasteiger partial charge in [-0.05, 0) is 31.9 Å². The number of thiazole rings is 1. The van der Waals surface area contributed by atoms with Crippen LogP contribution < -0.4 is 10.6 Å². The van der Waals surface area contributed by atoms with Gasteiger partial charge >= 0.3 is 0 Å². The maximum absolute atomic E-state index is 4.65. The van der Waals surface area contributed by atoms with Crippen LogP contribution in [-0.2, 0) is 12.8 Å². The summed E-state index contributed by atoms with van der Waals surface area (Å²) in [7, 11) is 0. The number of fused-ring (bicyclic) bond motifs is 1. The summed E-state index contributed by atoms with van der Waals surface area (Å²) >= 11 is 1.75. The second kappa shape index (κ2) is 10.5. The van der Waals surface area contributed by atoms with Crippen LogP contribution in [0.5, 0.6) is 0 Å². The molecule has 5 nitrogen and oxygen atoms in total. The Kier molecular flexibility index (Phi) is 8.37. The summed E-state index contributed by atoms with van der Waals surface area (Å²) in [4.78, 5) is 13.6. The Balaban J connectivity index is 0.00000243. The predicted molar refractivity (Wildman–Crippen MR) is 122 cm³/mol. The number of aromatic nitrogens is 2. The molecule has 3 aromatic rings. The first-order chi connectivity index (χ1) is 12.3. The molecule has 2 heterocycles. The number of benzene rings is 1. The van der Waals surface area contributed by atoms with Gasteiger partial charge in [-0.2, -0.15) is 0 Å². The van der Waals surface area contributed by atoms with Crippen molar-refractivity contribution in [2.75, 3.05) is 19.6 Å². The second-order valence-corrected chi connectivity index (χ2v) is 7.23. The third-order valence-corrected chi connectivity index (χ3v) is 4.94. The van der Waals surface area contributed by atoms with Crippen LogP contribution in [0.2, 0.25) is 0 Å². The molecule has 1 aromatic carbocycles. The van der Waals surface area contributed by atoms with Crippen molar-refractivity contribution in [1.29, 1.82) is 0 Å². The Bertz CT molecular complexity index is 839. The number of aliphatic imine (C=N–C) groups is 1. The lowest BCUT2D eigenvalue weighted by Crippen LogP contribution is -2.38. The van der Waals surface area contributed by atoms with E-state index in [0.29, 0.717) is 0 Å². The maximum atomic E-state index is 4.65. The number of aromatic amines is 1. The van der Waals surface area contributed by atoms with Crippen LogP contribution in [0.4, 0.5) is 0 Å². The number of para-hydroxylation sites is 1. The summed E-state index contributed by atoms with van der Waals surface area (Å²) in [5.74, 6) is 0.871. The van der Waals surface area contributed by atoms with Crippen molar-refractivity contribution >= 4 is 52.2 Å². The zero-order valence-corrected chi connectivity index (χ0v) is 18.4. The minimum atomic E-state index is 0. The Morgan fingerprint density at radius 1 is 1.23 bits per heavy atom. The van der Waals surface area contributed by atoms with Gasteiger partial charge in [0, 0.05) is 54.2 Å². The number of hydrogen-bond donors (Lipinski definition) is 3. The van der Waals surface area contributed by atoms with Crippen LogP contribution in [0, 0.1) is 6.92 Å². The van der Waals surface area contributed by atoms with Crippen molar-refractivity contribution in [3.63, 3.8) is 0 Å². The summed E-state index contributed by atoms with van der Waals surface area (Å²) in [6.45, 7) is 6.62. The number of aryl methyl sites for hydroxylation is 1. The average Bonchev–Trinajstić information content (AvgIpc) is 3.21. The van der Waals surface area contributed by atoms with E-state index in [9.17, 15) is 0 Å². The number of nitrogens with zero attached hydrogens (tertiary/aromatic N) is 2. The lowest BCUT2D eigenvalue weighted by Gasteiger charge is -2.10. The molecule has 0 aliphatic carbocycles. The lowest BCUT2D eigenvalue weighted by atomic mass is 10.1. The maximum Gasteiger partial charge on any atom is 0.191 e.